The molecule has 4 nitrogen and oxygen atoms in total. The maximum atomic E-state index is 13.1. The molecule has 1 amide bonds. The highest BCUT2D eigenvalue weighted by Gasteiger charge is 2.22. The van der Waals surface area contributed by atoms with E-state index >= 15 is 0 Å². The molecule has 0 N–H and O–H groups in total. The first-order valence-corrected chi connectivity index (χ1v) is 9.68. The third kappa shape index (κ3) is 5.99. The molecule has 0 heterocycles. The van der Waals surface area contributed by atoms with Gasteiger partial charge >= 0.3 is 0 Å². The van der Waals surface area contributed by atoms with Crippen LogP contribution in [-0.4, -0.2) is 27.8 Å². The summed E-state index contributed by atoms with van der Waals surface area (Å²) in [6.45, 7) is 9.19. The van der Waals surface area contributed by atoms with Crippen LogP contribution in [-0.2, 0) is 17.9 Å². The molecule has 28 heavy (non-hydrogen) atoms. The minimum absolute atomic E-state index is 0.00826. The number of carbonyl (C=O) groups excluding carboxylic acids is 1. The van der Waals surface area contributed by atoms with Gasteiger partial charge in [-0.05, 0) is 38.8 Å². The Morgan fingerprint density at radius 2 is 1.39 bits per heavy atom. The summed E-state index contributed by atoms with van der Waals surface area (Å²) in [6.07, 6.45) is 1.71. The first kappa shape index (κ1) is 21.2. The van der Waals surface area contributed by atoms with Gasteiger partial charge in [0.1, 0.15) is 11.6 Å². The lowest BCUT2D eigenvalue weighted by molar-refractivity contribution is -0.129. The largest absolute Gasteiger partial charge is 0.369 e. The maximum Gasteiger partial charge on any atom is 0.266 e. The number of nitrogens with zero attached hydrogens (tertiary/aromatic N) is 3. The van der Waals surface area contributed by atoms with Crippen molar-refractivity contribution in [2.75, 3.05) is 0 Å². The number of carbonyl (C=O) groups is 1. The van der Waals surface area contributed by atoms with Crippen LogP contribution < -0.4 is 0 Å². The van der Waals surface area contributed by atoms with E-state index in [4.69, 9.17) is 0 Å². The second kappa shape index (κ2) is 10.3. The van der Waals surface area contributed by atoms with Gasteiger partial charge in [-0.1, -0.05) is 60.7 Å². The quantitative estimate of drug-likeness (QED) is 0.494. The summed E-state index contributed by atoms with van der Waals surface area (Å²) in [5, 5.41) is 9.70. The lowest BCUT2D eigenvalue weighted by atomic mass is 10.1. The molecule has 0 aliphatic carbocycles. The minimum atomic E-state index is -0.236. The van der Waals surface area contributed by atoms with Crippen LogP contribution in [0.25, 0.3) is 0 Å². The van der Waals surface area contributed by atoms with Gasteiger partial charge in [0, 0.05) is 31.4 Å². The molecule has 0 unspecified atom stereocenters. The van der Waals surface area contributed by atoms with E-state index in [2.05, 4.69) is 19.9 Å². The lowest BCUT2D eigenvalue weighted by Crippen LogP contribution is -2.38. The Morgan fingerprint density at radius 1 is 0.893 bits per heavy atom. The van der Waals surface area contributed by atoms with E-state index in [1.807, 2.05) is 79.4 Å². The first-order valence-electron chi connectivity index (χ1n) is 9.68. The summed E-state index contributed by atoms with van der Waals surface area (Å²) in [5.74, 6) is -0.236. The van der Waals surface area contributed by atoms with Crippen LogP contribution in [0.3, 0.4) is 0 Å². The van der Waals surface area contributed by atoms with Gasteiger partial charge < -0.3 is 9.80 Å². The van der Waals surface area contributed by atoms with E-state index < -0.39 is 0 Å². The Labute approximate surface area is 168 Å². The van der Waals surface area contributed by atoms with Crippen molar-refractivity contribution < 1.29 is 4.79 Å². The van der Waals surface area contributed by atoms with Crippen LogP contribution in [0.15, 0.2) is 72.4 Å². The fraction of sp³-hybridized carbons (Fsp3) is 0.333. The molecule has 0 saturated heterocycles. The van der Waals surface area contributed by atoms with Gasteiger partial charge in [0.05, 0.1) is 0 Å². The molecule has 0 spiro atoms. The SMILES string of the molecule is CC(C)N(/C=C(/C#N)C(=O)N(Cc1ccccc1)C(C)C)Cc1ccccc1. The molecular weight excluding hydrogens is 346 g/mol. The highest BCUT2D eigenvalue weighted by molar-refractivity contribution is 5.97. The van der Waals surface area contributed by atoms with E-state index in [1.165, 1.54) is 0 Å². The van der Waals surface area contributed by atoms with Crippen molar-refractivity contribution in [2.45, 2.75) is 52.9 Å². The zero-order valence-corrected chi connectivity index (χ0v) is 17.2. The monoisotopic (exact) mass is 375 g/mol. The average molecular weight is 376 g/mol. The van der Waals surface area contributed by atoms with Crippen LogP contribution in [0, 0.1) is 11.3 Å². The summed E-state index contributed by atoms with van der Waals surface area (Å²) in [5.41, 5.74) is 2.35. The standard InChI is InChI=1S/C24H29N3O/c1-19(2)26(16-21-11-7-5-8-12-21)18-23(15-25)24(28)27(20(3)4)17-22-13-9-6-10-14-22/h5-14,18-20H,16-17H2,1-4H3/b23-18-. The fourth-order valence-corrected chi connectivity index (χ4v) is 2.89. The van der Waals surface area contributed by atoms with Gasteiger partial charge in [0.2, 0.25) is 0 Å². The van der Waals surface area contributed by atoms with E-state index in [-0.39, 0.29) is 23.6 Å². The van der Waals surface area contributed by atoms with E-state index in [0.29, 0.717) is 13.1 Å². The molecular formula is C24H29N3O. The van der Waals surface area contributed by atoms with E-state index in [0.717, 1.165) is 11.1 Å². The number of nitriles is 1. The van der Waals surface area contributed by atoms with E-state index in [1.54, 1.807) is 11.1 Å². The Balaban J connectivity index is 2.25. The second-order valence-corrected chi connectivity index (χ2v) is 7.42. The normalized spacial score (nSPS) is 11.4. The van der Waals surface area contributed by atoms with Gasteiger partial charge in [0.15, 0.2) is 0 Å². The molecule has 0 aliphatic rings. The van der Waals surface area contributed by atoms with Crippen LogP contribution in [0.1, 0.15) is 38.8 Å². The smallest absolute Gasteiger partial charge is 0.266 e. The van der Waals surface area contributed by atoms with Crippen LogP contribution >= 0.6 is 0 Å². The van der Waals surface area contributed by atoms with Gasteiger partial charge in [0.25, 0.3) is 5.91 Å². The summed E-state index contributed by atoms with van der Waals surface area (Å²) in [4.78, 5) is 16.9. The van der Waals surface area contributed by atoms with Crippen molar-refractivity contribution in [3.63, 3.8) is 0 Å². The molecule has 0 atom stereocenters. The zero-order chi connectivity index (χ0) is 20.5. The summed E-state index contributed by atoms with van der Waals surface area (Å²) in [7, 11) is 0. The minimum Gasteiger partial charge on any atom is -0.369 e. The molecule has 0 fully saturated rings. The topological polar surface area (TPSA) is 47.3 Å². The first-order chi connectivity index (χ1) is 13.4. The Morgan fingerprint density at radius 3 is 1.82 bits per heavy atom. The molecule has 2 aromatic rings. The highest BCUT2D eigenvalue weighted by atomic mass is 16.2. The Hall–Kier alpha value is -3.06. The van der Waals surface area contributed by atoms with Gasteiger partial charge in [-0.25, -0.2) is 0 Å². The number of benzene rings is 2. The molecule has 0 radical (unpaired) electrons. The lowest BCUT2D eigenvalue weighted by Gasteiger charge is -2.29. The molecule has 2 rings (SSSR count). The molecule has 0 bridgehead atoms. The highest BCUT2D eigenvalue weighted by Crippen LogP contribution is 2.15. The molecule has 0 aromatic heterocycles. The fourth-order valence-electron chi connectivity index (χ4n) is 2.89. The van der Waals surface area contributed by atoms with Crippen molar-refractivity contribution in [3.8, 4) is 6.07 Å². The average Bonchev–Trinajstić information content (AvgIpc) is 2.70. The number of hydrogen-bond acceptors (Lipinski definition) is 3. The number of hydrogen-bond donors (Lipinski definition) is 0. The van der Waals surface area contributed by atoms with Gasteiger partial charge in [-0.2, -0.15) is 5.26 Å². The van der Waals surface area contributed by atoms with Crippen LogP contribution in [0.2, 0.25) is 0 Å². The third-order valence-electron chi connectivity index (χ3n) is 4.60. The van der Waals surface area contributed by atoms with E-state index in [9.17, 15) is 10.1 Å². The molecule has 0 aliphatic heterocycles. The van der Waals surface area contributed by atoms with Crippen molar-refractivity contribution in [1.29, 1.82) is 5.26 Å². The molecule has 146 valence electrons. The van der Waals surface area contributed by atoms with Crippen LogP contribution in [0.4, 0.5) is 0 Å². The summed E-state index contributed by atoms with van der Waals surface area (Å²) >= 11 is 0. The third-order valence-corrected chi connectivity index (χ3v) is 4.60. The van der Waals surface area contributed by atoms with Crippen molar-refractivity contribution in [1.82, 2.24) is 9.80 Å². The van der Waals surface area contributed by atoms with Gasteiger partial charge in [-0.15, -0.1) is 0 Å². The van der Waals surface area contributed by atoms with Crippen molar-refractivity contribution >= 4 is 5.91 Å². The maximum absolute atomic E-state index is 13.1. The summed E-state index contributed by atoms with van der Waals surface area (Å²) in [6, 6.07) is 22.2. The summed E-state index contributed by atoms with van der Waals surface area (Å²) < 4.78 is 0. The second-order valence-electron chi connectivity index (χ2n) is 7.42. The predicted octanol–water partition coefficient (Wildman–Crippen LogP) is 4.74. The van der Waals surface area contributed by atoms with Crippen LogP contribution in [0.5, 0.6) is 0 Å². The molecule has 4 heteroatoms. The molecule has 2 aromatic carbocycles. The zero-order valence-electron chi connectivity index (χ0n) is 17.2. The van der Waals surface area contributed by atoms with Crippen molar-refractivity contribution in [2.24, 2.45) is 0 Å². The Kier molecular flexibility index (Phi) is 7.83. The van der Waals surface area contributed by atoms with Gasteiger partial charge in [-0.3, -0.25) is 4.79 Å². The predicted molar refractivity (Wildman–Crippen MR) is 113 cm³/mol. The van der Waals surface area contributed by atoms with Crippen molar-refractivity contribution in [3.05, 3.63) is 83.6 Å². The molecule has 0 saturated carbocycles. The Bertz CT molecular complexity index is 820. The number of rotatable bonds is 8. The number of amides is 1.